The van der Waals surface area contributed by atoms with Crippen LogP contribution in [-0.2, 0) is 13.3 Å². The summed E-state index contributed by atoms with van der Waals surface area (Å²) in [6, 6.07) is 0.885. The highest BCUT2D eigenvalue weighted by Gasteiger charge is 2.36. The third kappa shape index (κ3) is 11.1. The molecule has 6 heteroatoms. The van der Waals surface area contributed by atoms with E-state index < -0.39 is 8.80 Å². The molecule has 112 valence electrons. The molecule has 0 fully saturated rings. The molecule has 0 saturated heterocycles. The second kappa shape index (κ2) is 15.1. The minimum atomic E-state index is -2.22. The van der Waals surface area contributed by atoms with Crippen LogP contribution in [-0.4, -0.2) is 43.2 Å². The smallest absolute Gasteiger partial charge is 0.377 e. The maximum atomic E-state index is 5.28. The Morgan fingerprint density at radius 3 is 1.33 bits per heavy atom. The summed E-state index contributed by atoms with van der Waals surface area (Å²) < 4.78 is 15.5. The zero-order valence-electron chi connectivity index (χ0n) is 12.5. The van der Waals surface area contributed by atoms with E-state index in [0.29, 0.717) is 0 Å². The molecule has 0 radical (unpaired) electrons. The molecule has 0 heterocycles. The monoisotopic (exact) mass is 280 g/mol. The van der Waals surface area contributed by atoms with Crippen molar-refractivity contribution in [2.75, 3.05) is 34.4 Å². The number of nitrogens with two attached hydrogens (primary N) is 2. The Bertz CT molecular complexity index is 144. The van der Waals surface area contributed by atoms with Crippen molar-refractivity contribution in [1.82, 2.24) is 0 Å². The molecule has 0 aliphatic rings. The van der Waals surface area contributed by atoms with Crippen LogP contribution in [0.25, 0.3) is 0 Å². The van der Waals surface area contributed by atoms with E-state index in [1.807, 2.05) is 0 Å². The summed E-state index contributed by atoms with van der Waals surface area (Å²) in [5.74, 6) is 0. The Morgan fingerprint density at radius 2 is 1.17 bits per heavy atom. The first kappa shape index (κ1) is 20.3. The first-order chi connectivity index (χ1) is 8.66. The number of hydrogen-bond acceptors (Lipinski definition) is 5. The molecule has 0 atom stereocenters. The average molecular weight is 280 g/mol. The molecule has 0 aromatic rings. The van der Waals surface area contributed by atoms with Crippen LogP contribution in [0.5, 0.6) is 0 Å². The number of rotatable bonds is 10. The molecule has 0 aromatic carbocycles. The van der Waals surface area contributed by atoms with Gasteiger partial charge in [-0.15, -0.1) is 0 Å². The van der Waals surface area contributed by atoms with E-state index in [1.165, 1.54) is 12.8 Å². The minimum absolute atomic E-state index is 0.824. The van der Waals surface area contributed by atoms with Crippen LogP contribution >= 0.6 is 0 Å². The van der Waals surface area contributed by atoms with Crippen LogP contribution in [0.2, 0.25) is 6.04 Å². The van der Waals surface area contributed by atoms with Gasteiger partial charge in [0.2, 0.25) is 0 Å². The van der Waals surface area contributed by atoms with Crippen molar-refractivity contribution >= 4 is 8.80 Å². The van der Waals surface area contributed by atoms with E-state index in [1.54, 1.807) is 21.3 Å². The predicted octanol–water partition coefficient (Wildman–Crippen LogP) is 1.74. The van der Waals surface area contributed by atoms with Gasteiger partial charge in [-0.3, -0.25) is 0 Å². The van der Waals surface area contributed by atoms with Crippen molar-refractivity contribution in [3.8, 4) is 0 Å². The van der Waals surface area contributed by atoms with Gasteiger partial charge in [0.25, 0.3) is 0 Å². The molecule has 0 rings (SSSR count). The fourth-order valence-electron chi connectivity index (χ4n) is 1.50. The van der Waals surface area contributed by atoms with Gasteiger partial charge in [0.15, 0.2) is 0 Å². The van der Waals surface area contributed by atoms with Crippen molar-refractivity contribution in [3.63, 3.8) is 0 Å². The summed E-state index contributed by atoms with van der Waals surface area (Å²) in [6.07, 6.45) is 5.82. The van der Waals surface area contributed by atoms with Crippen LogP contribution in [0, 0.1) is 0 Å². The van der Waals surface area contributed by atoms with Crippen molar-refractivity contribution in [2.45, 2.75) is 45.1 Å². The summed E-state index contributed by atoms with van der Waals surface area (Å²) in [4.78, 5) is 0. The zero-order valence-corrected chi connectivity index (χ0v) is 13.5. The fraction of sp³-hybridized carbons (Fsp3) is 1.00. The standard InChI is InChI=1S/C6H16N2.C6H16O3Si/c7-5-3-1-2-4-6-8;1-5-6-10(7-2,8-3)9-4/h1-8H2;5-6H2,1-4H3. The molecule has 0 aromatic heterocycles. The maximum Gasteiger partial charge on any atom is 0.500 e. The van der Waals surface area contributed by atoms with Crippen molar-refractivity contribution in [1.29, 1.82) is 0 Å². The molecule has 0 aliphatic heterocycles. The van der Waals surface area contributed by atoms with E-state index >= 15 is 0 Å². The van der Waals surface area contributed by atoms with Gasteiger partial charge in [-0.2, -0.15) is 0 Å². The Labute approximate surface area is 114 Å². The molecule has 0 saturated carbocycles. The Balaban J connectivity index is 0. The highest BCUT2D eigenvalue weighted by Crippen LogP contribution is 2.13. The number of hydrogen-bond donors (Lipinski definition) is 2. The third-order valence-electron chi connectivity index (χ3n) is 2.65. The van der Waals surface area contributed by atoms with Crippen LogP contribution in [0.15, 0.2) is 0 Å². The average Bonchev–Trinajstić information content (AvgIpc) is 2.42. The Kier molecular flexibility index (Phi) is 17.0. The molecule has 0 bridgehead atoms. The van der Waals surface area contributed by atoms with Gasteiger partial charge in [0.05, 0.1) is 0 Å². The van der Waals surface area contributed by atoms with E-state index in [2.05, 4.69) is 6.92 Å². The Hall–Kier alpha value is 0.0169. The highest BCUT2D eigenvalue weighted by molar-refractivity contribution is 6.60. The molecule has 0 amide bonds. The quantitative estimate of drug-likeness (QED) is 0.471. The minimum Gasteiger partial charge on any atom is -0.377 e. The maximum absolute atomic E-state index is 5.28. The lowest BCUT2D eigenvalue weighted by molar-refractivity contribution is 0.123. The topological polar surface area (TPSA) is 79.7 Å². The third-order valence-corrected chi connectivity index (χ3v) is 5.63. The second-order valence-corrected chi connectivity index (χ2v) is 7.13. The summed E-state index contributed by atoms with van der Waals surface area (Å²) >= 11 is 0. The van der Waals surface area contributed by atoms with Gasteiger partial charge in [0.1, 0.15) is 0 Å². The molecule has 0 aliphatic carbocycles. The highest BCUT2D eigenvalue weighted by atomic mass is 28.4. The fourth-order valence-corrected chi connectivity index (χ4v) is 3.23. The van der Waals surface area contributed by atoms with Gasteiger partial charge in [-0.05, 0) is 25.9 Å². The summed E-state index contributed by atoms with van der Waals surface area (Å²) in [5, 5.41) is 0. The van der Waals surface area contributed by atoms with Gasteiger partial charge in [-0.1, -0.05) is 26.2 Å². The van der Waals surface area contributed by atoms with Gasteiger partial charge < -0.3 is 24.7 Å². The van der Waals surface area contributed by atoms with E-state index in [-0.39, 0.29) is 0 Å². The molecular weight excluding hydrogens is 248 g/mol. The summed E-state index contributed by atoms with van der Waals surface area (Å²) in [5.41, 5.74) is 10.6. The largest absolute Gasteiger partial charge is 0.500 e. The second-order valence-electron chi connectivity index (χ2n) is 4.04. The first-order valence-corrected chi connectivity index (χ1v) is 8.65. The van der Waals surface area contributed by atoms with Crippen LogP contribution in [0.4, 0.5) is 0 Å². The van der Waals surface area contributed by atoms with Crippen molar-refractivity contribution in [3.05, 3.63) is 0 Å². The number of unbranched alkanes of at least 4 members (excludes halogenated alkanes) is 3. The molecular formula is C12H32N2O3Si. The van der Waals surface area contributed by atoms with Gasteiger partial charge >= 0.3 is 8.80 Å². The lowest BCUT2D eigenvalue weighted by Gasteiger charge is -2.23. The van der Waals surface area contributed by atoms with Crippen molar-refractivity contribution in [2.24, 2.45) is 11.5 Å². The van der Waals surface area contributed by atoms with Crippen molar-refractivity contribution < 1.29 is 13.3 Å². The summed E-state index contributed by atoms with van der Waals surface area (Å²) in [6.45, 7) is 3.73. The van der Waals surface area contributed by atoms with Crippen LogP contribution < -0.4 is 11.5 Å². The molecule has 0 spiro atoms. The van der Waals surface area contributed by atoms with E-state index in [4.69, 9.17) is 24.7 Å². The van der Waals surface area contributed by atoms with Crippen LogP contribution in [0.1, 0.15) is 39.0 Å². The normalized spacial score (nSPS) is 11.0. The zero-order chi connectivity index (χ0) is 14.3. The predicted molar refractivity (Wildman–Crippen MR) is 78.5 cm³/mol. The van der Waals surface area contributed by atoms with E-state index in [9.17, 15) is 0 Å². The molecule has 5 nitrogen and oxygen atoms in total. The lowest BCUT2D eigenvalue weighted by atomic mass is 10.2. The first-order valence-electron chi connectivity index (χ1n) is 6.71. The van der Waals surface area contributed by atoms with E-state index in [0.717, 1.165) is 38.4 Å². The lowest BCUT2D eigenvalue weighted by Crippen LogP contribution is -2.42. The molecule has 0 unspecified atom stereocenters. The molecule has 4 N–H and O–H groups in total. The SMILES string of the molecule is CCC[Si](OC)(OC)OC.NCCCCCCN. The van der Waals surface area contributed by atoms with Crippen LogP contribution in [0.3, 0.4) is 0 Å². The van der Waals surface area contributed by atoms with Gasteiger partial charge in [0, 0.05) is 27.4 Å². The summed E-state index contributed by atoms with van der Waals surface area (Å²) in [7, 11) is 2.68. The Morgan fingerprint density at radius 1 is 0.778 bits per heavy atom. The molecule has 18 heavy (non-hydrogen) atoms. The van der Waals surface area contributed by atoms with Gasteiger partial charge in [-0.25, -0.2) is 0 Å².